The Morgan fingerprint density at radius 1 is 0.857 bits per heavy atom. The number of hydrogen-bond donors (Lipinski definition) is 1. The Balaban J connectivity index is 1.68. The Kier molecular flexibility index (Phi) is 6.17. The highest BCUT2D eigenvalue weighted by atomic mass is 32.1. The van der Waals surface area contributed by atoms with Crippen molar-refractivity contribution in [3.05, 3.63) is 102 Å². The van der Waals surface area contributed by atoms with E-state index >= 15 is 0 Å². The average molecular weight is 485 g/mol. The molecule has 5 rings (SSSR count). The number of aryl methyl sites for hydroxylation is 1. The van der Waals surface area contributed by atoms with Crippen LogP contribution >= 0.6 is 12.2 Å². The molecule has 0 radical (unpaired) electrons. The topological polar surface area (TPSA) is 51.5 Å². The molecule has 0 bridgehead atoms. The van der Waals surface area contributed by atoms with E-state index in [0.717, 1.165) is 40.0 Å². The van der Waals surface area contributed by atoms with E-state index in [9.17, 15) is 0 Å². The van der Waals surface area contributed by atoms with Crippen LogP contribution in [-0.4, -0.2) is 28.9 Å². The normalized spacial score (nSPS) is 17.4. The van der Waals surface area contributed by atoms with Crippen LogP contribution in [0.3, 0.4) is 0 Å². The first kappa shape index (κ1) is 22.9. The van der Waals surface area contributed by atoms with Crippen LogP contribution in [0.25, 0.3) is 5.69 Å². The van der Waals surface area contributed by atoms with Crippen LogP contribution in [0.5, 0.6) is 11.5 Å². The maximum absolute atomic E-state index is 5.89. The van der Waals surface area contributed by atoms with E-state index in [1.165, 1.54) is 5.56 Å². The quantitative estimate of drug-likeness (QED) is 0.355. The van der Waals surface area contributed by atoms with Gasteiger partial charge in [0.2, 0.25) is 0 Å². The zero-order valence-electron chi connectivity index (χ0n) is 20.2. The van der Waals surface area contributed by atoms with Crippen LogP contribution in [0.15, 0.2) is 79.0 Å². The fraction of sp³-hybridized carbons (Fsp3) is 0.214. The average Bonchev–Trinajstić information content (AvgIpc) is 3.39. The molecule has 0 unspecified atom stereocenters. The maximum Gasteiger partial charge on any atom is 0.174 e. The fourth-order valence-corrected chi connectivity index (χ4v) is 5.29. The van der Waals surface area contributed by atoms with Crippen molar-refractivity contribution < 1.29 is 9.47 Å². The van der Waals surface area contributed by atoms with Crippen molar-refractivity contribution in [3.8, 4) is 17.2 Å². The largest absolute Gasteiger partial charge is 0.497 e. The smallest absolute Gasteiger partial charge is 0.174 e. The van der Waals surface area contributed by atoms with Gasteiger partial charge in [-0.15, -0.1) is 0 Å². The lowest BCUT2D eigenvalue weighted by atomic mass is 9.96. The van der Waals surface area contributed by atoms with Crippen molar-refractivity contribution in [1.82, 2.24) is 14.9 Å². The summed E-state index contributed by atoms with van der Waals surface area (Å²) in [6.45, 7) is 4.28. The Bertz CT molecular complexity index is 1370. The van der Waals surface area contributed by atoms with Crippen LogP contribution in [0.4, 0.5) is 5.69 Å². The molecule has 35 heavy (non-hydrogen) atoms. The van der Waals surface area contributed by atoms with Gasteiger partial charge >= 0.3 is 0 Å². The number of pyridine rings is 1. The number of thiocarbonyl (C=S) groups is 1. The Morgan fingerprint density at radius 3 is 2.20 bits per heavy atom. The summed E-state index contributed by atoms with van der Waals surface area (Å²) in [5, 5.41) is 4.20. The van der Waals surface area contributed by atoms with Crippen molar-refractivity contribution in [3.63, 3.8) is 0 Å². The van der Waals surface area contributed by atoms with Crippen LogP contribution in [0.2, 0.25) is 0 Å². The number of anilines is 1. The third kappa shape index (κ3) is 4.12. The van der Waals surface area contributed by atoms with E-state index in [1.54, 1.807) is 14.2 Å². The van der Waals surface area contributed by atoms with Crippen LogP contribution in [-0.2, 0) is 0 Å². The summed E-state index contributed by atoms with van der Waals surface area (Å²) >= 11 is 5.89. The number of benzene rings is 2. The van der Waals surface area contributed by atoms with Gasteiger partial charge in [-0.1, -0.05) is 18.2 Å². The predicted molar refractivity (Wildman–Crippen MR) is 143 cm³/mol. The SMILES string of the molecule is COc1cccc(N2C(=S)N[C@H](c3ccccn3)[C@@H]2c2cc(C)n(-c3cccc(OC)c3)c2C)c1. The Labute approximate surface area is 211 Å². The van der Waals surface area contributed by atoms with E-state index in [4.69, 9.17) is 21.7 Å². The number of ether oxygens (including phenoxy) is 2. The summed E-state index contributed by atoms with van der Waals surface area (Å²) < 4.78 is 13.3. The maximum atomic E-state index is 5.89. The van der Waals surface area contributed by atoms with Crippen molar-refractivity contribution >= 4 is 23.0 Å². The lowest BCUT2D eigenvalue weighted by Gasteiger charge is -2.28. The van der Waals surface area contributed by atoms with Gasteiger partial charge in [-0.05, 0) is 74.1 Å². The number of nitrogens with zero attached hydrogens (tertiary/aromatic N) is 3. The van der Waals surface area contributed by atoms with Crippen LogP contribution in [0, 0.1) is 13.8 Å². The molecule has 3 heterocycles. The molecule has 4 aromatic rings. The van der Waals surface area contributed by atoms with Gasteiger partial charge in [-0.3, -0.25) is 4.98 Å². The first-order valence-electron chi connectivity index (χ1n) is 11.5. The monoisotopic (exact) mass is 484 g/mol. The molecule has 6 nitrogen and oxygen atoms in total. The van der Waals surface area contributed by atoms with Gasteiger partial charge in [-0.2, -0.15) is 0 Å². The van der Waals surface area contributed by atoms with Crippen molar-refractivity contribution in [2.75, 3.05) is 19.1 Å². The summed E-state index contributed by atoms with van der Waals surface area (Å²) in [5.41, 5.74) is 6.42. The molecule has 0 spiro atoms. The van der Waals surface area contributed by atoms with Gasteiger partial charge in [0.15, 0.2) is 5.11 Å². The fourth-order valence-electron chi connectivity index (χ4n) is 4.94. The molecule has 1 fully saturated rings. The number of nitrogens with one attached hydrogen (secondary N) is 1. The second kappa shape index (κ2) is 9.43. The summed E-state index contributed by atoms with van der Waals surface area (Å²) in [4.78, 5) is 6.85. The lowest BCUT2D eigenvalue weighted by Crippen LogP contribution is -2.29. The molecule has 1 N–H and O–H groups in total. The van der Waals surface area contributed by atoms with Gasteiger partial charge in [0.05, 0.1) is 32.0 Å². The zero-order chi connectivity index (χ0) is 24.5. The highest BCUT2D eigenvalue weighted by Crippen LogP contribution is 2.44. The van der Waals surface area contributed by atoms with Crippen molar-refractivity contribution in [2.24, 2.45) is 0 Å². The minimum atomic E-state index is -0.117. The number of methoxy groups -OCH3 is 2. The van der Waals surface area contributed by atoms with E-state index in [2.05, 4.69) is 57.9 Å². The summed E-state index contributed by atoms with van der Waals surface area (Å²) in [6.07, 6.45) is 1.82. The van der Waals surface area contributed by atoms with Crippen LogP contribution < -0.4 is 19.7 Å². The second-order valence-corrected chi connectivity index (χ2v) is 8.95. The molecular formula is C28H28N4O2S. The molecule has 1 saturated heterocycles. The Hall–Kier alpha value is -3.84. The van der Waals surface area contributed by atoms with E-state index in [1.807, 2.05) is 54.7 Å². The molecule has 1 aliphatic rings. The highest BCUT2D eigenvalue weighted by molar-refractivity contribution is 7.80. The predicted octanol–water partition coefficient (Wildman–Crippen LogP) is 5.68. The van der Waals surface area contributed by atoms with Crippen molar-refractivity contribution in [1.29, 1.82) is 0 Å². The molecule has 7 heteroatoms. The van der Waals surface area contributed by atoms with Crippen LogP contribution in [0.1, 0.15) is 34.7 Å². The second-order valence-electron chi connectivity index (χ2n) is 8.56. The molecule has 0 aliphatic carbocycles. The first-order chi connectivity index (χ1) is 17.0. The van der Waals surface area contributed by atoms with Crippen molar-refractivity contribution in [2.45, 2.75) is 25.9 Å². The molecule has 178 valence electrons. The summed E-state index contributed by atoms with van der Waals surface area (Å²) in [5.74, 6) is 1.61. The minimum absolute atomic E-state index is 0.102. The van der Waals surface area contributed by atoms with E-state index in [0.29, 0.717) is 5.11 Å². The number of hydrogen-bond acceptors (Lipinski definition) is 4. The summed E-state index contributed by atoms with van der Waals surface area (Å²) in [6, 6.07) is 24.1. The molecule has 0 amide bonds. The molecule has 2 aromatic heterocycles. The molecule has 0 saturated carbocycles. The highest BCUT2D eigenvalue weighted by Gasteiger charge is 2.42. The molecule has 1 aliphatic heterocycles. The zero-order valence-corrected chi connectivity index (χ0v) is 21.0. The third-order valence-corrected chi connectivity index (χ3v) is 6.84. The lowest BCUT2D eigenvalue weighted by molar-refractivity contribution is 0.414. The Morgan fingerprint density at radius 2 is 1.54 bits per heavy atom. The van der Waals surface area contributed by atoms with Gasteiger partial charge in [0, 0.05) is 41.1 Å². The minimum Gasteiger partial charge on any atom is -0.497 e. The van der Waals surface area contributed by atoms with Gasteiger partial charge in [0.1, 0.15) is 11.5 Å². The first-order valence-corrected chi connectivity index (χ1v) is 11.9. The van der Waals surface area contributed by atoms with Gasteiger partial charge < -0.3 is 24.3 Å². The van der Waals surface area contributed by atoms with E-state index < -0.39 is 0 Å². The van der Waals surface area contributed by atoms with Gasteiger partial charge in [-0.25, -0.2) is 0 Å². The molecular weight excluding hydrogens is 456 g/mol. The summed E-state index contributed by atoms with van der Waals surface area (Å²) in [7, 11) is 3.37. The standard InChI is InChI=1S/C28H28N4O2S/c1-18-15-24(19(2)31(18)20-9-7-11-22(16-20)33-3)27-26(25-13-5-6-14-29-25)30-28(35)32(27)21-10-8-12-23(17-21)34-4/h5-17,26-27H,1-4H3,(H,30,35)/t26-,27+/m1/s1. The molecule has 2 atom stereocenters. The van der Waals surface area contributed by atoms with E-state index in [-0.39, 0.29) is 12.1 Å². The number of rotatable bonds is 6. The number of aromatic nitrogens is 2. The molecule has 2 aromatic carbocycles. The third-order valence-electron chi connectivity index (χ3n) is 6.53. The van der Waals surface area contributed by atoms with Gasteiger partial charge in [0.25, 0.3) is 0 Å².